The molecule has 3 nitrogen and oxygen atoms in total. The number of hydrogen-bond acceptors (Lipinski definition) is 6. The van der Waals surface area contributed by atoms with Crippen molar-refractivity contribution in [2.75, 3.05) is 12.4 Å². The van der Waals surface area contributed by atoms with E-state index in [1.807, 2.05) is 36.5 Å². The second-order valence-corrected chi connectivity index (χ2v) is 6.58. The number of thioether (sulfide) groups is 1. The van der Waals surface area contributed by atoms with E-state index in [-0.39, 0.29) is 6.61 Å². The fourth-order valence-corrected chi connectivity index (χ4v) is 3.50. The third-order valence-electron chi connectivity index (χ3n) is 1.92. The molecule has 0 atom stereocenters. The van der Waals surface area contributed by atoms with E-state index in [1.54, 1.807) is 39.5 Å². The molecule has 0 saturated carbocycles. The van der Waals surface area contributed by atoms with Gasteiger partial charge in [0.05, 0.1) is 6.61 Å². The first-order valence-corrected chi connectivity index (χ1v) is 8.47. The van der Waals surface area contributed by atoms with Gasteiger partial charge in [0.25, 0.3) is 0 Å². The van der Waals surface area contributed by atoms with Gasteiger partial charge in [0, 0.05) is 23.0 Å². The van der Waals surface area contributed by atoms with E-state index < -0.39 is 0 Å². The summed E-state index contributed by atoms with van der Waals surface area (Å²) in [7, 11) is 3.18. The molecular weight excluding hydrogens is 284 g/mol. The Balaban J connectivity index is 1.86. The van der Waals surface area contributed by atoms with Gasteiger partial charge in [-0.05, 0) is 45.9 Å². The molecule has 2 aromatic heterocycles. The monoisotopic (exact) mass is 296 g/mol. The maximum absolute atomic E-state index is 8.74. The predicted molar refractivity (Wildman–Crippen MR) is 78.0 cm³/mol. The van der Waals surface area contributed by atoms with Crippen LogP contribution in [-0.2, 0) is 0 Å². The molecule has 0 bridgehead atoms. The molecule has 0 aliphatic carbocycles. The van der Waals surface area contributed by atoms with Crippen LogP contribution in [0.5, 0.6) is 0 Å². The van der Waals surface area contributed by atoms with Crippen LogP contribution in [-0.4, -0.2) is 27.4 Å². The number of pyridine rings is 2. The molecule has 0 aromatic carbocycles. The minimum atomic E-state index is 0.191. The van der Waals surface area contributed by atoms with Crippen molar-refractivity contribution >= 4 is 33.3 Å². The first-order chi connectivity index (χ1) is 8.88. The van der Waals surface area contributed by atoms with Crippen molar-refractivity contribution in [1.82, 2.24) is 9.97 Å². The van der Waals surface area contributed by atoms with Crippen molar-refractivity contribution in [3.63, 3.8) is 0 Å². The summed E-state index contributed by atoms with van der Waals surface area (Å²) in [6.45, 7) is 0.191. The van der Waals surface area contributed by atoms with Gasteiger partial charge in [-0.25, -0.2) is 9.97 Å². The second kappa shape index (κ2) is 7.68. The maximum Gasteiger partial charge on any atom is 0.107 e. The van der Waals surface area contributed by atoms with Crippen LogP contribution in [0.15, 0.2) is 57.7 Å². The summed E-state index contributed by atoms with van der Waals surface area (Å²) in [5.74, 6) is 0.705. The zero-order valence-corrected chi connectivity index (χ0v) is 12.0. The lowest BCUT2D eigenvalue weighted by molar-refractivity contribution is 0.322. The Bertz CT molecular complexity index is 465. The van der Waals surface area contributed by atoms with Crippen molar-refractivity contribution in [2.24, 2.45) is 0 Å². The fraction of sp³-hybridized carbons (Fsp3) is 0.167. The van der Waals surface area contributed by atoms with E-state index in [2.05, 4.69) is 9.97 Å². The quantitative estimate of drug-likeness (QED) is 0.651. The van der Waals surface area contributed by atoms with Crippen molar-refractivity contribution in [3.8, 4) is 0 Å². The highest BCUT2D eigenvalue weighted by molar-refractivity contribution is 8.76. The highest BCUT2D eigenvalue weighted by Crippen LogP contribution is 2.35. The van der Waals surface area contributed by atoms with Crippen molar-refractivity contribution in [2.45, 2.75) is 14.9 Å². The molecule has 2 heterocycles. The molecule has 94 valence electrons. The van der Waals surface area contributed by atoms with Crippen LogP contribution in [0.2, 0.25) is 0 Å². The minimum Gasteiger partial charge on any atom is -0.396 e. The lowest BCUT2D eigenvalue weighted by Crippen LogP contribution is -1.86. The maximum atomic E-state index is 8.74. The summed E-state index contributed by atoms with van der Waals surface area (Å²) >= 11 is 1.60. The van der Waals surface area contributed by atoms with Crippen LogP contribution in [0.25, 0.3) is 0 Å². The van der Waals surface area contributed by atoms with Gasteiger partial charge >= 0.3 is 0 Å². The molecule has 0 saturated heterocycles. The van der Waals surface area contributed by atoms with Crippen LogP contribution in [0.3, 0.4) is 0 Å². The summed E-state index contributed by atoms with van der Waals surface area (Å²) in [6.07, 6.45) is 3.62. The Morgan fingerprint density at radius 2 is 1.83 bits per heavy atom. The summed E-state index contributed by atoms with van der Waals surface area (Å²) < 4.78 is 0. The predicted octanol–water partition coefficient (Wildman–Crippen LogP) is 3.36. The van der Waals surface area contributed by atoms with Crippen LogP contribution >= 0.6 is 33.3 Å². The first kappa shape index (κ1) is 13.7. The molecule has 2 aromatic rings. The number of aromatic nitrogens is 2. The lowest BCUT2D eigenvalue weighted by Gasteiger charge is -2.01. The molecule has 18 heavy (non-hydrogen) atoms. The molecule has 0 spiro atoms. The topological polar surface area (TPSA) is 46.0 Å². The minimum absolute atomic E-state index is 0.191. The van der Waals surface area contributed by atoms with E-state index in [0.29, 0.717) is 5.75 Å². The standard InChI is InChI=1S/C12H12N2OS3/c15-7-8-16-10-4-5-12(14-9-10)18-17-11-3-1-2-6-13-11/h1-6,9,15H,7-8H2. The zero-order chi connectivity index (χ0) is 12.6. The molecule has 0 aliphatic heterocycles. The van der Waals surface area contributed by atoms with Gasteiger partial charge in [0.2, 0.25) is 0 Å². The Labute approximate surface area is 118 Å². The summed E-state index contributed by atoms with van der Waals surface area (Å²) in [4.78, 5) is 9.67. The van der Waals surface area contributed by atoms with E-state index in [0.717, 1.165) is 14.9 Å². The van der Waals surface area contributed by atoms with Gasteiger partial charge in [-0.1, -0.05) is 6.07 Å². The molecule has 0 unspecified atom stereocenters. The van der Waals surface area contributed by atoms with Crippen LogP contribution in [0.1, 0.15) is 0 Å². The highest BCUT2D eigenvalue weighted by Gasteiger charge is 2.00. The molecule has 6 heteroatoms. The third kappa shape index (κ3) is 4.53. The van der Waals surface area contributed by atoms with Crippen molar-refractivity contribution < 1.29 is 5.11 Å². The highest BCUT2D eigenvalue weighted by atomic mass is 33.1. The molecule has 0 fully saturated rings. The normalized spacial score (nSPS) is 10.5. The smallest absolute Gasteiger partial charge is 0.107 e. The van der Waals surface area contributed by atoms with Gasteiger partial charge < -0.3 is 5.11 Å². The molecule has 0 amide bonds. The van der Waals surface area contributed by atoms with Crippen molar-refractivity contribution in [1.29, 1.82) is 0 Å². The zero-order valence-electron chi connectivity index (χ0n) is 9.52. The Kier molecular flexibility index (Phi) is 5.86. The molecule has 0 radical (unpaired) electrons. The van der Waals surface area contributed by atoms with Crippen LogP contribution in [0.4, 0.5) is 0 Å². The van der Waals surface area contributed by atoms with Gasteiger partial charge in [-0.15, -0.1) is 11.8 Å². The number of aliphatic hydroxyl groups is 1. The number of nitrogens with zero attached hydrogens (tertiary/aromatic N) is 2. The average molecular weight is 296 g/mol. The molecule has 0 aliphatic rings. The van der Waals surface area contributed by atoms with E-state index >= 15 is 0 Å². The molecular formula is C12H12N2OS3. The lowest BCUT2D eigenvalue weighted by atomic mass is 10.5. The molecule has 2 rings (SSSR count). The average Bonchev–Trinajstić information content (AvgIpc) is 2.45. The Morgan fingerprint density at radius 1 is 1.00 bits per heavy atom. The van der Waals surface area contributed by atoms with Gasteiger partial charge in [-0.3, -0.25) is 0 Å². The van der Waals surface area contributed by atoms with Crippen LogP contribution < -0.4 is 0 Å². The SMILES string of the molecule is OCCSc1ccc(SSc2ccccn2)nc1. The van der Waals surface area contributed by atoms with Crippen LogP contribution in [0, 0.1) is 0 Å². The number of aliphatic hydroxyl groups excluding tert-OH is 1. The molecule has 1 N–H and O–H groups in total. The second-order valence-electron chi connectivity index (χ2n) is 3.24. The van der Waals surface area contributed by atoms with Gasteiger partial charge in [0.1, 0.15) is 10.1 Å². The largest absolute Gasteiger partial charge is 0.396 e. The number of hydrogen-bond donors (Lipinski definition) is 1. The Morgan fingerprint density at radius 3 is 2.44 bits per heavy atom. The van der Waals surface area contributed by atoms with E-state index in [9.17, 15) is 0 Å². The summed E-state index contributed by atoms with van der Waals surface area (Å²) in [5.41, 5.74) is 0. The van der Waals surface area contributed by atoms with E-state index in [1.165, 1.54) is 0 Å². The fourth-order valence-electron chi connectivity index (χ4n) is 1.15. The Hall–Kier alpha value is -0.690. The first-order valence-electron chi connectivity index (χ1n) is 5.34. The van der Waals surface area contributed by atoms with Gasteiger partial charge in [0.15, 0.2) is 0 Å². The van der Waals surface area contributed by atoms with E-state index in [4.69, 9.17) is 5.11 Å². The third-order valence-corrected chi connectivity index (χ3v) is 5.06. The number of rotatable bonds is 6. The summed E-state index contributed by atoms with van der Waals surface area (Å²) in [6, 6.07) is 9.86. The van der Waals surface area contributed by atoms with Crippen molar-refractivity contribution in [3.05, 3.63) is 42.7 Å². The van der Waals surface area contributed by atoms with Gasteiger partial charge in [-0.2, -0.15) is 0 Å². The summed E-state index contributed by atoms with van der Waals surface area (Å²) in [5, 5.41) is 10.7.